The van der Waals surface area contributed by atoms with E-state index in [4.69, 9.17) is 0 Å². The Morgan fingerprint density at radius 2 is 1.32 bits per heavy atom. The zero-order chi connectivity index (χ0) is 16.8. The van der Waals surface area contributed by atoms with Crippen molar-refractivity contribution in [1.82, 2.24) is 4.31 Å². The molecule has 0 bridgehead atoms. The van der Waals surface area contributed by atoms with E-state index < -0.39 is 10.0 Å². The van der Waals surface area contributed by atoms with Crippen molar-refractivity contribution in [2.75, 3.05) is 13.1 Å². The average molecular weight is 315 g/mol. The Bertz CT molecular complexity index is 676. The molecule has 116 valence electrons. The Morgan fingerprint density at radius 1 is 0.864 bits per heavy atom. The van der Waals surface area contributed by atoms with Gasteiger partial charge in [-0.25, -0.2) is 8.42 Å². The fourth-order valence-electron chi connectivity index (χ4n) is 2.11. The van der Waals surface area contributed by atoms with Crippen molar-refractivity contribution in [3.05, 3.63) is 73.9 Å². The highest BCUT2D eigenvalue weighted by Crippen LogP contribution is 2.28. The highest BCUT2D eigenvalue weighted by atomic mass is 32.2. The molecule has 1 rings (SSSR count). The molecule has 0 spiro atoms. The van der Waals surface area contributed by atoms with Crippen LogP contribution >= 0.6 is 0 Å². The molecule has 0 aliphatic heterocycles. The van der Waals surface area contributed by atoms with Crippen LogP contribution < -0.4 is 0 Å². The van der Waals surface area contributed by atoms with Gasteiger partial charge in [-0.3, -0.25) is 0 Å². The molecule has 0 atom stereocenters. The normalized spacial score (nSPS) is 11.0. The minimum Gasteiger partial charge on any atom is -0.207 e. The van der Waals surface area contributed by atoms with Crippen LogP contribution in [0.5, 0.6) is 0 Å². The molecule has 0 fully saturated rings. The van der Waals surface area contributed by atoms with Gasteiger partial charge in [-0.15, -0.1) is 13.2 Å². The number of rotatable bonds is 9. The maximum Gasteiger partial charge on any atom is 0.244 e. The zero-order valence-electron chi connectivity index (χ0n) is 12.7. The van der Waals surface area contributed by atoms with E-state index in [1.807, 2.05) is 0 Å². The van der Waals surface area contributed by atoms with Gasteiger partial charge in [0.2, 0.25) is 10.0 Å². The van der Waals surface area contributed by atoms with Crippen LogP contribution in [0.15, 0.2) is 62.1 Å². The molecule has 0 saturated heterocycles. The smallest absolute Gasteiger partial charge is 0.207 e. The summed E-state index contributed by atoms with van der Waals surface area (Å²) in [5, 5.41) is 0. The van der Waals surface area contributed by atoms with Crippen molar-refractivity contribution in [2.45, 2.75) is 4.90 Å². The van der Waals surface area contributed by atoms with E-state index >= 15 is 0 Å². The fourth-order valence-corrected chi connectivity index (χ4v) is 3.85. The summed E-state index contributed by atoms with van der Waals surface area (Å²) >= 11 is 0. The van der Waals surface area contributed by atoms with Gasteiger partial charge < -0.3 is 0 Å². The summed E-state index contributed by atoms with van der Waals surface area (Å²) < 4.78 is 27.3. The van der Waals surface area contributed by atoms with E-state index in [-0.39, 0.29) is 18.0 Å². The Balaban J connectivity index is 3.67. The lowest BCUT2D eigenvalue weighted by Gasteiger charge is -2.22. The third kappa shape index (κ3) is 3.53. The number of nitrogens with zero attached hydrogens (tertiary/aromatic N) is 1. The molecule has 0 amide bonds. The Labute approximate surface area is 133 Å². The maximum absolute atomic E-state index is 13.0. The van der Waals surface area contributed by atoms with Gasteiger partial charge in [0, 0.05) is 13.1 Å². The second kappa shape index (κ2) is 7.73. The van der Waals surface area contributed by atoms with Crippen molar-refractivity contribution in [3.63, 3.8) is 0 Å². The molecular weight excluding hydrogens is 294 g/mol. The number of benzene rings is 1. The van der Waals surface area contributed by atoms with E-state index in [0.717, 1.165) is 5.56 Å². The van der Waals surface area contributed by atoms with Crippen LogP contribution in [-0.2, 0) is 10.0 Å². The lowest BCUT2D eigenvalue weighted by Crippen LogP contribution is -2.32. The van der Waals surface area contributed by atoms with Gasteiger partial charge >= 0.3 is 0 Å². The highest BCUT2D eigenvalue weighted by molar-refractivity contribution is 7.89. The first kappa shape index (κ1) is 17.9. The van der Waals surface area contributed by atoms with E-state index in [0.29, 0.717) is 11.1 Å². The molecule has 1 aromatic carbocycles. The molecule has 1 aromatic rings. The molecule has 0 N–H and O–H groups in total. The highest BCUT2D eigenvalue weighted by Gasteiger charge is 2.27. The molecule has 22 heavy (non-hydrogen) atoms. The maximum atomic E-state index is 13.0. The first-order valence-electron chi connectivity index (χ1n) is 6.73. The minimum atomic E-state index is -3.72. The summed E-state index contributed by atoms with van der Waals surface area (Å²) in [6, 6.07) is 3.47. The lowest BCUT2D eigenvalue weighted by atomic mass is 10.1. The van der Waals surface area contributed by atoms with Gasteiger partial charge in [-0.05, 0) is 28.8 Å². The van der Waals surface area contributed by atoms with Crippen molar-refractivity contribution in [2.24, 2.45) is 0 Å². The predicted molar refractivity (Wildman–Crippen MR) is 95.9 cm³/mol. The first-order chi connectivity index (χ1) is 10.5. The van der Waals surface area contributed by atoms with E-state index in [9.17, 15) is 8.42 Å². The van der Waals surface area contributed by atoms with Crippen LogP contribution in [0.1, 0.15) is 16.7 Å². The van der Waals surface area contributed by atoms with Crippen LogP contribution in [0.4, 0.5) is 0 Å². The van der Waals surface area contributed by atoms with Gasteiger partial charge in [-0.1, -0.05) is 50.1 Å². The van der Waals surface area contributed by atoms with Gasteiger partial charge in [-0.2, -0.15) is 4.31 Å². The molecule has 4 heteroatoms. The lowest BCUT2D eigenvalue weighted by molar-refractivity contribution is 0.474. The molecule has 0 heterocycles. The molecule has 0 saturated carbocycles. The topological polar surface area (TPSA) is 37.4 Å². The van der Waals surface area contributed by atoms with Crippen LogP contribution in [0.25, 0.3) is 18.2 Å². The summed E-state index contributed by atoms with van der Waals surface area (Å²) in [5.74, 6) is 0. The summed E-state index contributed by atoms with van der Waals surface area (Å²) in [6.45, 7) is 18.8. The van der Waals surface area contributed by atoms with Crippen molar-refractivity contribution < 1.29 is 8.42 Å². The summed E-state index contributed by atoms with van der Waals surface area (Å²) in [5.41, 5.74) is 1.85. The summed E-state index contributed by atoms with van der Waals surface area (Å²) in [4.78, 5) is 0.187. The molecule has 0 aliphatic rings. The Kier molecular flexibility index (Phi) is 6.28. The Hall–Kier alpha value is -2.17. The minimum absolute atomic E-state index is 0.187. The number of hydrogen-bond acceptors (Lipinski definition) is 2. The van der Waals surface area contributed by atoms with Gasteiger partial charge in [0.15, 0.2) is 0 Å². The van der Waals surface area contributed by atoms with Crippen molar-refractivity contribution in [1.29, 1.82) is 0 Å². The molecule has 0 aliphatic carbocycles. The van der Waals surface area contributed by atoms with Crippen molar-refractivity contribution >= 4 is 28.3 Å². The van der Waals surface area contributed by atoms with Gasteiger partial charge in [0.1, 0.15) is 0 Å². The van der Waals surface area contributed by atoms with Crippen LogP contribution in [0, 0.1) is 0 Å². The third-order valence-electron chi connectivity index (χ3n) is 3.11. The standard InChI is InChI=1S/C18H21NO2S/c1-6-11-19(12-7-2)22(20,21)18-16(9-4)13-15(8-3)14-17(18)10-5/h6-10,13-14H,1-5,11-12H2. The summed E-state index contributed by atoms with van der Waals surface area (Å²) in [6.07, 6.45) is 7.78. The molecule has 0 aromatic heterocycles. The zero-order valence-corrected chi connectivity index (χ0v) is 13.5. The van der Waals surface area contributed by atoms with Crippen molar-refractivity contribution in [3.8, 4) is 0 Å². The van der Waals surface area contributed by atoms with E-state index in [1.54, 1.807) is 30.4 Å². The largest absolute Gasteiger partial charge is 0.244 e. The molecule has 0 unspecified atom stereocenters. The van der Waals surface area contributed by atoms with Crippen LogP contribution in [0.2, 0.25) is 0 Å². The molecule has 0 radical (unpaired) electrons. The third-order valence-corrected chi connectivity index (χ3v) is 5.07. The predicted octanol–water partition coefficient (Wildman–Crippen LogP) is 3.98. The Morgan fingerprint density at radius 3 is 1.64 bits per heavy atom. The number of sulfonamides is 1. The monoisotopic (exact) mass is 315 g/mol. The van der Waals surface area contributed by atoms with E-state index in [1.165, 1.54) is 16.5 Å². The van der Waals surface area contributed by atoms with Crippen LogP contribution in [0.3, 0.4) is 0 Å². The van der Waals surface area contributed by atoms with Gasteiger partial charge in [0.05, 0.1) is 4.90 Å². The molecular formula is C18H21NO2S. The quantitative estimate of drug-likeness (QED) is 0.646. The first-order valence-corrected chi connectivity index (χ1v) is 8.17. The average Bonchev–Trinajstić information content (AvgIpc) is 2.52. The number of hydrogen-bond donors (Lipinski definition) is 0. The fraction of sp³-hybridized carbons (Fsp3) is 0.111. The molecule has 3 nitrogen and oxygen atoms in total. The second-order valence-corrected chi connectivity index (χ2v) is 6.42. The van der Waals surface area contributed by atoms with Gasteiger partial charge in [0.25, 0.3) is 0 Å². The van der Waals surface area contributed by atoms with E-state index in [2.05, 4.69) is 32.9 Å². The van der Waals surface area contributed by atoms with Crippen LogP contribution in [-0.4, -0.2) is 25.8 Å². The SMILES string of the molecule is C=CCN(CC=C)S(=O)(=O)c1c(C=C)cc(C=C)cc1C=C. The summed E-state index contributed by atoms with van der Waals surface area (Å²) in [7, 11) is -3.72. The second-order valence-electron chi connectivity index (χ2n) is 4.54.